The van der Waals surface area contributed by atoms with Crippen LogP contribution in [-0.4, -0.2) is 19.5 Å². The van der Waals surface area contributed by atoms with Crippen molar-refractivity contribution in [3.63, 3.8) is 0 Å². The van der Waals surface area contributed by atoms with Crippen LogP contribution in [0.4, 0.5) is 0 Å². The molecule has 0 spiro atoms. The molecule has 0 saturated heterocycles. The normalized spacial score (nSPS) is 17.0. The largest absolute Gasteiger partial charge is 0.309 e. The molecule has 0 saturated carbocycles. The van der Waals surface area contributed by atoms with Crippen molar-refractivity contribution < 1.29 is 0 Å². The van der Waals surface area contributed by atoms with Gasteiger partial charge in [-0.05, 0) is 154 Å². The fourth-order valence-electron chi connectivity index (χ4n) is 11.4. The molecular formula is C61H48N4. The first-order chi connectivity index (χ1) is 32.2. The molecule has 0 radical (unpaired) electrons. The lowest BCUT2D eigenvalue weighted by Crippen LogP contribution is -2.17. The van der Waals surface area contributed by atoms with Crippen LogP contribution in [-0.2, 0) is 12.8 Å². The summed E-state index contributed by atoms with van der Waals surface area (Å²) in [5.74, 6) is 2.62. The Kier molecular flexibility index (Phi) is 9.18. The first kappa shape index (κ1) is 38.1. The highest BCUT2D eigenvalue weighted by atomic mass is 15.0. The summed E-state index contributed by atoms with van der Waals surface area (Å²) >= 11 is 0. The van der Waals surface area contributed by atoms with Crippen molar-refractivity contribution in [2.24, 2.45) is 0 Å². The van der Waals surface area contributed by atoms with E-state index in [9.17, 15) is 0 Å². The van der Waals surface area contributed by atoms with Crippen LogP contribution in [0.15, 0.2) is 175 Å². The lowest BCUT2D eigenvalue weighted by Gasteiger charge is -2.33. The highest BCUT2D eigenvalue weighted by molar-refractivity contribution is 6.11. The molecule has 4 aliphatic rings. The van der Waals surface area contributed by atoms with Gasteiger partial charge in [0.25, 0.3) is 0 Å². The van der Waals surface area contributed by atoms with Gasteiger partial charge in [0.05, 0.1) is 11.0 Å². The molecule has 2 heterocycles. The van der Waals surface area contributed by atoms with Crippen LogP contribution in [0.3, 0.4) is 0 Å². The molecule has 4 nitrogen and oxygen atoms in total. The molecule has 4 aliphatic carbocycles. The van der Waals surface area contributed by atoms with Gasteiger partial charge >= 0.3 is 0 Å². The third-order valence-corrected chi connectivity index (χ3v) is 14.5. The minimum Gasteiger partial charge on any atom is -0.309 e. The first-order valence-electron chi connectivity index (χ1n) is 23.6. The fraction of sp³-hybridized carbons (Fsp3) is 0.164. The number of nitrogens with zero attached hydrogens (tertiary/aromatic N) is 4. The molecule has 0 aliphatic heterocycles. The minimum atomic E-state index is 0.312. The molecule has 1 atom stereocenters. The number of rotatable bonds is 6. The Morgan fingerprint density at radius 3 is 2.18 bits per heavy atom. The molecule has 65 heavy (non-hydrogen) atoms. The van der Waals surface area contributed by atoms with Crippen LogP contribution < -0.4 is 0 Å². The van der Waals surface area contributed by atoms with Gasteiger partial charge in [-0.15, -0.1) is 0 Å². The van der Waals surface area contributed by atoms with Crippen molar-refractivity contribution in [2.75, 3.05) is 0 Å². The van der Waals surface area contributed by atoms with Crippen molar-refractivity contribution in [1.82, 2.24) is 19.5 Å². The molecule has 1 unspecified atom stereocenters. The Morgan fingerprint density at radius 1 is 0.492 bits per heavy atom. The zero-order chi connectivity index (χ0) is 42.8. The average molecular weight is 837 g/mol. The SMILES string of the molecule is C1=CC(c2nc(C3=CC(C4CCCc5c6c(c7cc(-c8ccc9c%10ccccc%10n(-c%10ccc%11ccccc%11c%10)c9c8)ccc7c54)C=CCC6)=CCC3)nc(-c3ccccc3)n2)=CCC1. The molecular weight excluding hydrogens is 789 g/mol. The maximum absolute atomic E-state index is 5.20. The second-order valence-corrected chi connectivity index (χ2v) is 18.3. The van der Waals surface area contributed by atoms with Crippen LogP contribution in [0, 0.1) is 0 Å². The van der Waals surface area contributed by atoms with E-state index in [1.54, 1.807) is 16.7 Å². The van der Waals surface area contributed by atoms with Crippen LogP contribution in [0.2, 0.25) is 0 Å². The van der Waals surface area contributed by atoms with Crippen LogP contribution >= 0.6 is 0 Å². The van der Waals surface area contributed by atoms with E-state index in [-0.39, 0.29) is 0 Å². The Labute approximate surface area is 379 Å². The lowest BCUT2D eigenvalue weighted by molar-refractivity contribution is 0.611. The molecule has 0 fully saturated rings. The standard InChI is InChI=1S/C61H48N4/c1-3-16-40(17-4-1)59-62-60(41-18-5-2-6-19-41)64-61(63-59)46-22-13-21-45(35-46)48-26-14-27-53-49-23-9-10-24-50(49)55-37-43(31-34-54(55)58(48)53)44-30-33-52-51-25-11-12-28-56(51)65(57(52)38-44)47-32-29-39-15-7-8-20-42(39)36-47/h1,3-5,7-8,10-12,15-21,24-25,28-38,48H,2,6,9,13-14,22-23,26-27H2. The van der Waals surface area contributed by atoms with Gasteiger partial charge in [-0.3, -0.25) is 0 Å². The van der Waals surface area contributed by atoms with E-state index in [0.29, 0.717) is 5.92 Å². The van der Waals surface area contributed by atoms with Crippen LogP contribution in [0.5, 0.6) is 0 Å². The molecule has 7 aromatic carbocycles. The van der Waals surface area contributed by atoms with E-state index in [0.717, 1.165) is 80.0 Å². The number of fused-ring (bicyclic) bond motifs is 10. The first-order valence-corrected chi connectivity index (χ1v) is 23.6. The van der Waals surface area contributed by atoms with Gasteiger partial charge < -0.3 is 4.57 Å². The second kappa shape index (κ2) is 15.7. The summed E-state index contributed by atoms with van der Waals surface area (Å²) in [6, 6.07) is 49.2. The maximum Gasteiger partial charge on any atom is 0.164 e. The van der Waals surface area contributed by atoms with Gasteiger partial charge in [0.2, 0.25) is 0 Å². The molecule has 4 heteroatoms. The molecule has 312 valence electrons. The number of benzene rings is 7. The highest BCUT2D eigenvalue weighted by Gasteiger charge is 2.31. The topological polar surface area (TPSA) is 43.6 Å². The van der Waals surface area contributed by atoms with Crippen LogP contribution in [0.25, 0.3) is 88.8 Å². The predicted octanol–water partition coefficient (Wildman–Crippen LogP) is 15.5. The molecule has 13 rings (SSSR count). The Morgan fingerprint density at radius 2 is 1.28 bits per heavy atom. The van der Waals surface area contributed by atoms with E-state index in [2.05, 4.69) is 174 Å². The number of hydrogen-bond acceptors (Lipinski definition) is 3. The van der Waals surface area contributed by atoms with Crippen molar-refractivity contribution >= 4 is 60.6 Å². The van der Waals surface area contributed by atoms with Gasteiger partial charge in [0.15, 0.2) is 17.5 Å². The third kappa shape index (κ3) is 6.53. The Hall–Kier alpha value is -7.43. The van der Waals surface area contributed by atoms with Gasteiger partial charge in [-0.25, -0.2) is 15.0 Å². The zero-order valence-corrected chi connectivity index (χ0v) is 36.5. The summed E-state index contributed by atoms with van der Waals surface area (Å²) in [6.45, 7) is 0. The van der Waals surface area contributed by atoms with Crippen molar-refractivity contribution in [2.45, 2.75) is 63.7 Å². The highest BCUT2D eigenvalue weighted by Crippen LogP contribution is 2.48. The Balaban J connectivity index is 0.933. The van der Waals surface area contributed by atoms with Gasteiger partial charge in [0.1, 0.15) is 0 Å². The quantitative estimate of drug-likeness (QED) is 0.168. The van der Waals surface area contributed by atoms with E-state index >= 15 is 0 Å². The van der Waals surface area contributed by atoms with Crippen molar-refractivity contribution in [3.8, 4) is 28.2 Å². The zero-order valence-electron chi connectivity index (χ0n) is 36.5. The second-order valence-electron chi connectivity index (χ2n) is 18.3. The summed E-state index contributed by atoms with van der Waals surface area (Å²) < 4.78 is 2.46. The monoisotopic (exact) mass is 836 g/mol. The molecule has 0 bridgehead atoms. The molecule has 2 aromatic heterocycles. The smallest absolute Gasteiger partial charge is 0.164 e. The average Bonchev–Trinajstić information content (AvgIpc) is 3.72. The number of hydrogen-bond donors (Lipinski definition) is 0. The molecule has 9 aromatic rings. The number of allylic oxidation sites excluding steroid dienone is 9. The number of aromatic nitrogens is 4. The van der Waals surface area contributed by atoms with Crippen molar-refractivity contribution in [3.05, 3.63) is 209 Å². The summed E-state index contributed by atoms with van der Waals surface area (Å²) in [5, 5.41) is 7.83. The molecule has 0 N–H and O–H groups in total. The predicted molar refractivity (Wildman–Crippen MR) is 271 cm³/mol. The van der Waals surface area contributed by atoms with E-state index < -0.39 is 0 Å². The Bertz CT molecular complexity index is 3580. The van der Waals surface area contributed by atoms with Gasteiger partial charge in [-0.2, -0.15) is 0 Å². The van der Waals surface area contributed by atoms with E-state index in [1.165, 1.54) is 83.3 Å². The van der Waals surface area contributed by atoms with E-state index in [4.69, 9.17) is 15.0 Å². The summed E-state index contributed by atoms with van der Waals surface area (Å²) in [7, 11) is 0. The van der Waals surface area contributed by atoms with E-state index in [1.807, 2.05) is 6.07 Å². The summed E-state index contributed by atoms with van der Waals surface area (Å²) in [4.78, 5) is 15.4. The summed E-state index contributed by atoms with van der Waals surface area (Å²) in [6.07, 6.45) is 26.1. The van der Waals surface area contributed by atoms with Gasteiger partial charge in [-0.1, -0.05) is 146 Å². The van der Waals surface area contributed by atoms with Crippen LogP contribution in [0.1, 0.15) is 84.8 Å². The maximum atomic E-state index is 5.20. The minimum absolute atomic E-state index is 0.312. The number of para-hydroxylation sites is 1. The summed E-state index contributed by atoms with van der Waals surface area (Å²) in [5.41, 5.74) is 17.0. The van der Waals surface area contributed by atoms with Crippen molar-refractivity contribution in [1.29, 1.82) is 0 Å². The van der Waals surface area contributed by atoms with Gasteiger partial charge in [0, 0.05) is 33.5 Å². The third-order valence-electron chi connectivity index (χ3n) is 14.5. The fourth-order valence-corrected chi connectivity index (χ4v) is 11.4. The lowest BCUT2D eigenvalue weighted by atomic mass is 9.71. The molecule has 0 amide bonds.